The van der Waals surface area contributed by atoms with E-state index in [1.807, 2.05) is 6.07 Å². The zero-order valence-corrected chi connectivity index (χ0v) is 9.58. The summed E-state index contributed by atoms with van der Waals surface area (Å²) in [7, 11) is 0. The molecule has 0 saturated carbocycles. The van der Waals surface area contributed by atoms with Crippen LogP contribution in [-0.4, -0.2) is 5.91 Å². The van der Waals surface area contributed by atoms with Crippen LogP contribution in [0.3, 0.4) is 0 Å². The summed E-state index contributed by atoms with van der Waals surface area (Å²) in [4.78, 5) is 11.5. The van der Waals surface area contributed by atoms with Crippen LogP contribution in [0.15, 0.2) is 24.3 Å². The number of alkyl halides is 3. The minimum absolute atomic E-state index is 0.238. The van der Waals surface area contributed by atoms with Crippen molar-refractivity contribution in [2.24, 2.45) is 5.92 Å². The van der Waals surface area contributed by atoms with Gasteiger partial charge in [-0.3, -0.25) is 4.79 Å². The lowest BCUT2D eigenvalue weighted by Gasteiger charge is -2.10. The van der Waals surface area contributed by atoms with Gasteiger partial charge in [0.25, 0.3) is 0 Å². The molecule has 0 aromatic heterocycles. The van der Waals surface area contributed by atoms with Crippen LogP contribution in [0.2, 0.25) is 0 Å². The van der Waals surface area contributed by atoms with Gasteiger partial charge in [0, 0.05) is 5.69 Å². The lowest BCUT2D eigenvalue weighted by atomic mass is 10.1. The van der Waals surface area contributed by atoms with Crippen molar-refractivity contribution < 1.29 is 18.0 Å². The Morgan fingerprint density at radius 1 is 1.39 bits per heavy atom. The molecule has 0 radical (unpaired) electrons. The van der Waals surface area contributed by atoms with E-state index in [2.05, 4.69) is 5.32 Å². The number of carbonyl (C=O) groups is 1. The van der Waals surface area contributed by atoms with Gasteiger partial charge >= 0.3 is 6.18 Å². The molecule has 0 aliphatic heterocycles. The Morgan fingerprint density at radius 2 is 1.94 bits per heavy atom. The zero-order chi connectivity index (χ0) is 13.8. The van der Waals surface area contributed by atoms with Gasteiger partial charge in [0.05, 0.1) is 11.6 Å². The van der Waals surface area contributed by atoms with Crippen LogP contribution in [0.1, 0.15) is 18.9 Å². The quantitative estimate of drug-likeness (QED) is 0.902. The van der Waals surface area contributed by atoms with Gasteiger partial charge < -0.3 is 5.32 Å². The van der Waals surface area contributed by atoms with Crippen molar-refractivity contribution in [2.75, 3.05) is 5.32 Å². The summed E-state index contributed by atoms with van der Waals surface area (Å²) in [5.41, 5.74) is -0.547. The number of hydrogen-bond acceptors (Lipinski definition) is 2. The van der Waals surface area contributed by atoms with Crippen molar-refractivity contribution in [3.63, 3.8) is 0 Å². The Hall–Kier alpha value is -2.03. The molecule has 1 N–H and O–H groups in total. The van der Waals surface area contributed by atoms with Crippen LogP contribution in [0.25, 0.3) is 0 Å². The summed E-state index contributed by atoms with van der Waals surface area (Å²) in [5, 5.41) is 11.1. The largest absolute Gasteiger partial charge is 0.416 e. The second-order valence-corrected chi connectivity index (χ2v) is 3.65. The molecule has 0 aliphatic rings. The van der Waals surface area contributed by atoms with E-state index < -0.39 is 23.6 Å². The van der Waals surface area contributed by atoms with Crippen molar-refractivity contribution in [3.8, 4) is 6.07 Å². The summed E-state index contributed by atoms with van der Waals surface area (Å²) in [5.74, 6) is -1.31. The first-order chi connectivity index (χ1) is 8.38. The van der Waals surface area contributed by atoms with Crippen LogP contribution < -0.4 is 5.32 Å². The number of benzene rings is 1. The molecule has 1 atom stereocenters. The van der Waals surface area contributed by atoms with Crippen LogP contribution in [0.5, 0.6) is 0 Å². The van der Waals surface area contributed by atoms with Crippen LogP contribution in [0, 0.1) is 17.2 Å². The first-order valence-corrected chi connectivity index (χ1v) is 5.26. The van der Waals surface area contributed by atoms with Gasteiger partial charge in [-0.15, -0.1) is 0 Å². The van der Waals surface area contributed by atoms with E-state index in [0.29, 0.717) is 6.42 Å². The third-order valence-corrected chi connectivity index (χ3v) is 2.36. The highest BCUT2D eigenvalue weighted by atomic mass is 19.4. The van der Waals surface area contributed by atoms with Crippen molar-refractivity contribution in [1.82, 2.24) is 0 Å². The Morgan fingerprint density at radius 3 is 2.33 bits per heavy atom. The molecular formula is C12H11F3N2O. The van der Waals surface area contributed by atoms with Gasteiger partial charge in [-0.2, -0.15) is 18.4 Å². The minimum atomic E-state index is -4.40. The van der Waals surface area contributed by atoms with Crippen molar-refractivity contribution >= 4 is 11.6 Å². The Kier molecular flexibility index (Phi) is 4.32. The molecule has 3 nitrogen and oxygen atoms in total. The standard InChI is InChI=1S/C12H11F3N2O/c1-2-8(7-16)11(18)17-10-5-3-9(4-6-10)12(13,14)15/h3-6,8H,2H2,1H3,(H,17,18). The van der Waals surface area contributed by atoms with Crippen LogP contribution in [0.4, 0.5) is 18.9 Å². The van der Waals surface area contributed by atoms with E-state index in [9.17, 15) is 18.0 Å². The van der Waals surface area contributed by atoms with Gasteiger partial charge in [-0.05, 0) is 30.7 Å². The summed E-state index contributed by atoms with van der Waals surface area (Å²) < 4.78 is 36.9. The van der Waals surface area contributed by atoms with E-state index >= 15 is 0 Å². The Labute approximate surface area is 102 Å². The predicted molar refractivity (Wildman–Crippen MR) is 59.5 cm³/mol. The molecule has 18 heavy (non-hydrogen) atoms. The molecule has 1 aromatic carbocycles. The molecule has 1 unspecified atom stereocenters. The SMILES string of the molecule is CCC(C#N)C(=O)Nc1ccc(C(F)(F)F)cc1. The average Bonchev–Trinajstić information content (AvgIpc) is 2.30. The van der Waals surface area contributed by atoms with E-state index in [-0.39, 0.29) is 5.69 Å². The molecule has 0 spiro atoms. The predicted octanol–water partition coefficient (Wildman–Crippen LogP) is 3.19. The zero-order valence-electron chi connectivity index (χ0n) is 9.58. The maximum atomic E-state index is 12.3. The highest BCUT2D eigenvalue weighted by molar-refractivity contribution is 5.94. The third-order valence-electron chi connectivity index (χ3n) is 2.36. The van der Waals surface area contributed by atoms with Crippen molar-refractivity contribution in [1.29, 1.82) is 5.26 Å². The first kappa shape index (κ1) is 14.0. The normalized spacial score (nSPS) is 12.6. The maximum absolute atomic E-state index is 12.3. The number of halogens is 3. The average molecular weight is 256 g/mol. The second-order valence-electron chi connectivity index (χ2n) is 3.65. The minimum Gasteiger partial charge on any atom is -0.325 e. The van der Waals surface area contributed by atoms with Gasteiger partial charge in [-0.1, -0.05) is 6.92 Å². The molecule has 1 amide bonds. The van der Waals surface area contributed by atoms with E-state index in [1.165, 1.54) is 0 Å². The fourth-order valence-corrected chi connectivity index (χ4v) is 1.31. The molecule has 0 bridgehead atoms. The number of nitrogens with one attached hydrogen (secondary N) is 1. The monoisotopic (exact) mass is 256 g/mol. The molecule has 0 heterocycles. The van der Waals surface area contributed by atoms with Gasteiger partial charge in [0.15, 0.2) is 0 Å². The van der Waals surface area contributed by atoms with Gasteiger partial charge in [0.2, 0.25) is 5.91 Å². The summed E-state index contributed by atoms with van der Waals surface area (Å²) in [6.45, 7) is 1.68. The van der Waals surface area contributed by atoms with Crippen molar-refractivity contribution in [3.05, 3.63) is 29.8 Å². The molecular weight excluding hydrogens is 245 g/mol. The number of rotatable bonds is 3. The highest BCUT2D eigenvalue weighted by Crippen LogP contribution is 2.29. The van der Waals surface area contributed by atoms with Crippen LogP contribution in [-0.2, 0) is 11.0 Å². The summed E-state index contributed by atoms with van der Waals surface area (Å²) in [6, 6.07) is 5.89. The molecule has 0 saturated heterocycles. The number of amides is 1. The molecule has 0 fully saturated rings. The number of hydrogen-bond donors (Lipinski definition) is 1. The summed E-state index contributed by atoms with van der Waals surface area (Å²) in [6.07, 6.45) is -4.05. The van der Waals surface area contributed by atoms with E-state index in [4.69, 9.17) is 5.26 Å². The number of nitrogens with zero attached hydrogens (tertiary/aromatic N) is 1. The highest BCUT2D eigenvalue weighted by Gasteiger charge is 2.30. The maximum Gasteiger partial charge on any atom is 0.416 e. The lowest BCUT2D eigenvalue weighted by Crippen LogP contribution is -2.20. The fourth-order valence-electron chi connectivity index (χ4n) is 1.31. The molecule has 1 rings (SSSR count). The lowest BCUT2D eigenvalue weighted by molar-refractivity contribution is -0.137. The number of carbonyl (C=O) groups excluding carboxylic acids is 1. The molecule has 6 heteroatoms. The van der Waals surface area contributed by atoms with E-state index in [1.54, 1.807) is 6.92 Å². The van der Waals surface area contributed by atoms with E-state index in [0.717, 1.165) is 24.3 Å². The van der Waals surface area contributed by atoms with Crippen molar-refractivity contribution in [2.45, 2.75) is 19.5 Å². The fraction of sp³-hybridized carbons (Fsp3) is 0.333. The second kappa shape index (κ2) is 5.54. The Bertz CT molecular complexity index is 460. The first-order valence-electron chi connectivity index (χ1n) is 5.26. The summed E-state index contributed by atoms with van der Waals surface area (Å²) >= 11 is 0. The Balaban J connectivity index is 2.76. The smallest absolute Gasteiger partial charge is 0.325 e. The molecule has 1 aromatic rings. The van der Waals surface area contributed by atoms with Gasteiger partial charge in [0.1, 0.15) is 5.92 Å². The number of nitriles is 1. The number of anilines is 1. The molecule has 96 valence electrons. The topological polar surface area (TPSA) is 52.9 Å². The molecule has 0 aliphatic carbocycles. The van der Waals surface area contributed by atoms with Crippen LogP contribution >= 0.6 is 0 Å². The van der Waals surface area contributed by atoms with Gasteiger partial charge in [-0.25, -0.2) is 0 Å². The third kappa shape index (κ3) is 3.48.